The second-order valence-electron chi connectivity index (χ2n) is 7.00. The van der Waals surface area contributed by atoms with Crippen molar-refractivity contribution in [2.45, 2.75) is 26.9 Å². The smallest absolute Gasteiger partial charge is 0.0631 e. The number of nitrogens with zero attached hydrogens (tertiary/aromatic N) is 2. The molecule has 0 bridgehead atoms. The van der Waals surface area contributed by atoms with Crippen LogP contribution in [0, 0.1) is 13.8 Å². The van der Waals surface area contributed by atoms with Gasteiger partial charge in [-0.1, -0.05) is 41.4 Å². The average molecular weight is 395 g/mol. The molecule has 0 saturated carbocycles. The van der Waals surface area contributed by atoms with Gasteiger partial charge in [0.2, 0.25) is 0 Å². The van der Waals surface area contributed by atoms with Crippen molar-refractivity contribution in [3.63, 3.8) is 0 Å². The predicted octanol–water partition coefficient (Wildman–Crippen LogP) is 6.88. The Kier molecular flexibility index (Phi) is 4.94. The molecule has 1 heterocycles. The Morgan fingerprint density at radius 1 is 0.852 bits per heavy atom. The molecule has 4 rings (SSSR count). The summed E-state index contributed by atoms with van der Waals surface area (Å²) in [6, 6.07) is 18.4. The fourth-order valence-corrected chi connectivity index (χ4v) is 3.84. The van der Waals surface area contributed by atoms with E-state index < -0.39 is 0 Å². The van der Waals surface area contributed by atoms with Crippen molar-refractivity contribution < 1.29 is 0 Å². The molecule has 4 heteroatoms. The first-order chi connectivity index (χ1) is 13.0. The minimum Gasteiger partial charge on any atom is -0.363 e. The summed E-state index contributed by atoms with van der Waals surface area (Å²) in [7, 11) is 0. The van der Waals surface area contributed by atoms with Crippen LogP contribution in [0.15, 0.2) is 59.6 Å². The topological polar surface area (TPSA) is 15.6 Å². The molecule has 0 aromatic heterocycles. The Morgan fingerprint density at radius 2 is 1.48 bits per heavy atom. The SMILES string of the molecule is Cc1cc2c(cc1C)CN(c1ccc(N=Cc3ccc(Cl)cc3Cl)cc1)C2. The van der Waals surface area contributed by atoms with Crippen molar-refractivity contribution >= 4 is 40.8 Å². The lowest BCUT2D eigenvalue weighted by Gasteiger charge is -2.17. The van der Waals surface area contributed by atoms with Crippen molar-refractivity contribution in [3.8, 4) is 0 Å². The summed E-state index contributed by atoms with van der Waals surface area (Å²) in [6.45, 7) is 6.27. The third-order valence-corrected chi connectivity index (χ3v) is 5.63. The molecule has 0 saturated heterocycles. The minimum atomic E-state index is 0.600. The fraction of sp³-hybridized carbons (Fsp3) is 0.174. The quantitative estimate of drug-likeness (QED) is 0.441. The van der Waals surface area contributed by atoms with Gasteiger partial charge in [-0.05, 0) is 72.5 Å². The highest BCUT2D eigenvalue weighted by Crippen LogP contribution is 2.31. The Hall–Kier alpha value is -2.29. The molecule has 3 aromatic carbocycles. The van der Waals surface area contributed by atoms with Crippen LogP contribution in [0.4, 0.5) is 11.4 Å². The normalized spacial score (nSPS) is 13.4. The third kappa shape index (κ3) is 3.87. The van der Waals surface area contributed by atoms with E-state index in [1.807, 2.05) is 24.3 Å². The van der Waals surface area contributed by atoms with Crippen molar-refractivity contribution in [1.82, 2.24) is 0 Å². The van der Waals surface area contributed by atoms with Crippen molar-refractivity contribution in [3.05, 3.63) is 92.5 Å². The van der Waals surface area contributed by atoms with Crippen LogP contribution in [0.3, 0.4) is 0 Å². The van der Waals surface area contributed by atoms with E-state index in [2.05, 4.69) is 48.0 Å². The molecule has 3 aromatic rings. The lowest BCUT2D eigenvalue weighted by molar-refractivity contribution is 0.880. The molecule has 0 atom stereocenters. The predicted molar refractivity (Wildman–Crippen MR) is 116 cm³/mol. The molecule has 0 spiro atoms. The van der Waals surface area contributed by atoms with Crippen LogP contribution >= 0.6 is 23.2 Å². The second kappa shape index (κ2) is 7.38. The second-order valence-corrected chi connectivity index (χ2v) is 7.85. The van der Waals surface area contributed by atoms with E-state index in [1.165, 1.54) is 27.9 Å². The average Bonchev–Trinajstić information content (AvgIpc) is 3.04. The van der Waals surface area contributed by atoms with Crippen LogP contribution < -0.4 is 4.90 Å². The Labute approximate surface area is 170 Å². The molecule has 0 radical (unpaired) electrons. The lowest BCUT2D eigenvalue weighted by atomic mass is 10.0. The van der Waals surface area contributed by atoms with Crippen LogP contribution in [-0.2, 0) is 13.1 Å². The maximum absolute atomic E-state index is 6.19. The first kappa shape index (κ1) is 18.1. The van der Waals surface area contributed by atoms with Crippen molar-refractivity contribution in [2.24, 2.45) is 4.99 Å². The van der Waals surface area contributed by atoms with Gasteiger partial charge in [0.15, 0.2) is 0 Å². The van der Waals surface area contributed by atoms with Gasteiger partial charge in [0, 0.05) is 35.6 Å². The largest absolute Gasteiger partial charge is 0.363 e. The zero-order valence-electron chi connectivity index (χ0n) is 15.3. The maximum atomic E-state index is 6.19. The van der Waals surface area contributed by atoms with Gasteiger partial charge < -0.3 is 4.90 Å². The molecule has 1 aliphatic heterocycles. The zero-order chi connectivity index (χ0) is 19.0. The summed E-state index contributed by atoms with van der Waals surface area (Å²) in [6.07, 6.45) is 1.77. The van der Waals surface area contributed by atoms with Crippen LogP contribution in [-0.4, -0.2) is 6.21 Å². The molecule has 0 amide bonds. The van der Waals surface area contributed by atoms with Crippen LogP contribution in [0.2, 0.25) is 10.0 Å². The summed E-state index contributed by atoms with van der Waals surface area (Å²) in [5, 5.41) is 1.22. The summed E-state index contributed by atoms with van der Waals surface area (Å²) in [5.74, 6) is 0. The van der Waals surface area contributed by atoms with Crippen molar-refractivity contribution in [2.75, 3.05) is 4.90 Å². The van der Waals surface area contributed by atoms with E-state index in [9.17, 15) is 0 Å². The molecule has 0 unspecified atom stereocenters. The fourth-order valence-electron chi connectivity index (χ4n) is 3.38. The van der Waals surface area contributed by atoms with E-state index in [1.54, 1.807) is 12.3 Å². The first-order valence-electron chi connectivity index (χ1n) is 8.93. The van der Waals surface area contributed by atoms with E-state index in [0.717, 1.165) is 24.3 Å². The molecular formula is C23H20Cl2N2. The number of hydrogen-bond acceptors (Lipinski definition) is 2. The van der Waals surface area contributed by atoms with Gasteiger partial charge in [0.25, 0.3) is 0 Å². The Balaban J connectivity index is 1.49. The number of aliphatic imine (C=N–C) groups is 1. The number of aryl methyl sites for hydroxylation is 2. The molecule has 2 nitrogen and oxygen atoms in total. The monoisotopic (exact) mass is 394 g/mol. The summed E-state index contributed by atoms with van der Waals surface area (Å²) in [4.78, 5) is 6.92. The Bertz CT molecular complexity index is 992. The van der Waals surface area contributed by atoms with Gasteiger partial charge in [0.05, 0.1) is 10.7 Å². The van der Waals surface area contributed by atoms with Crippen LogP contribution in [0.5, 0.6) is 0 Å². The van der Waals surface area contributed by atoms with E-state index in [-0.39, 0.29) is 0 Å². The standard InChI is InChI=1S/C23H20Cl2N2/c1-15-9-18-13-27(14-19(18)10-16(15)2)22-7-5-21(6-8-22)26-12-17-3-4-20(24)11-23(17)25/h3-12H,13-14H2,1-2H3. The van der Waals surface area contributed by atoms with E-state index >= 15 is 0 Å². The highest BCUT2D eigenvalue weighted by molar-refractivity contribution is 6.36. The number of benzene rings is 3. The van der Waals surface area contributed by atoms with E-state index in [4.69, 9.17) is 23.2 Å². The van der Waals surface area contributed by atoms with Gasteiger partial charge >= 0.3 is 0 Å². The molecule has 136 valence electrons. The van der Waals surface area contributed by atoms with Gasteiger partial charge in [-0.3, -0.25) is 4.99 Å². The highest BCUT2D eigenvalue weighted by Gasteiger charge is 2.19. The number of anilines is 1. The molecule has 0 fully saturated rings. The summed E-state index contributed by atoms with van der Waals surface area (Å²) >= 11 is 12.1. The summed E-state index contributed by atoms with van der Waals surface area (Å²) in [5.41, 5.74) is 8.54. The first-order valence-corrected chi connectivity index (χ1v) is 9.68. The number of halogens is 2. The van der Waals surface area contributed by atoms with E-state index in [0.29, 0.717) is 10.0 Å². The van der Waals surface area contributed by atoms with Gasteiger partial charge in [-0.2, -0.15) is 0 Å². The number of hydrogen-bond donors (Lipinski definition) is 0. The van der Waals surface area contributed by atoms with Crippen molar-refractivity contribution in [1.29, 1.82) is 0 Å². The number of rotatable bonds is 3. The van der Waals surface area contributed by atoms with Gasteiger partial charge in [-0.25, -0.2) is 0 Å². The van der Waals surface area contributed by atoms with Gasteiger partial charge in [0.1, 0.15) is 0 Å². The zero-order valence-corrected chi connectivity index (χ0v) is 16.8. The maximum Gasteiger partial charge on any atom is 0.0631 e. The highest BCUT2D eigenvalue weighted by atomic mass is 35.5. The minimum absolute atomic E-state index is 0.600. The summed E-state index contributed by atoms with van der Waals surface area (Å²) < 4.78 is 0. The lowest BCUT2D eigenvalue weighted by Crippen LogP contribution is -2.13. The molecule has 0 N–H and O–H groups in total. The van der Waals surface area contributed by atoms with Gasteiger partial charge in [-0.15, -0.1) is 0 Å². The van der Waals surface area contributed by atoms with Crippen LogP contribution in [0.25, 0.3) is 0 Å². The Morgan fingerprint density at radius 3 is 2.07 bits per heavy atom. The molecule has 1 aliphatic rings. The molecular weight excluding hydrogens is 375 g/mol. The number of fused-ring (bicyclic) bond motifs is 1. The molecule has 0 aliphatic carbocycles. The van der Waals surface area contributed by atoms with Crippen LogP contribution in [0.1, 0.15) is 27.8 Å². The third-order valence-electron chi connectivity index (χ3n) is 5.07. The molecule has 27 heavy (non-hydrogen) atoms.